The van der Waals surface area contributed by atoms with Crippen molar-refractivity contribution in [3.05, 3.63) is 0 Å². The molecule has 2 saturated carbocycles. The lowest BCUT2D eigenvalue weighted by Crippen LogP contribution is -2.40. The molecule has 0 radical (unpaired) electrons. The Kier molecular flexibility index (Phi) is 6.07. The Bertz CT molecular complexity index is 240. The lowest BCUT2D eigenvalue weighted by atomic mass is 10.1. The molecule has 19 heavy (non-hydrogen) atoms. The summed E-state index contributed by atoms with van der Waals surface area (Å²) in [5, 5.41) is 13.4. The van der Waals surface area contributed by atoms with E-state index in [1.807, 2.05) is 13.8 Å². The van der Waals surface area contributed by atoms with Gasteiger partial charge in [-0.1, -0.05) is 0 Å². The van der Waals surface area contributed by atoms with Crippen LogP contribution in [0.2, 0.25) is 0 Å². The van der Waals surface area contributed by atoms with Gasteiger partial charge in [0.1, 0.15) is 0 Å². The van der Waals surface area contributed by atoms with E-state index in [1.54, 1.807) is 0 Å². The van der Waals surface area contributed by atoms with Gasteiger partial charge in [0.05, 0.1) is 32.0 Å². The Morgan fingerprint density at radius 2 is 1.74 bits per heavy atom. The Hall–Kier alpha value is -0.160. The van der Waals surface area contributed by atoms with Gasteiger partial charge in [-0.15, -0.1) is 0 Å². The van der Waals surface area contributed by atoms with Gasteiger partial charge in [-0.05, 0) is 51.4 Å². The van der Waals surface area contributed by atoms with Crippen LogP contribution in [0.5, 0.6) is 0 Å². The largest absolute Gasteiger partial charge is 0.389 e. The predicted molar refractivity (Wildman–Crippen MR) is 75.2 cm³/mol. The average molecular weight is 271 g/mol. The first kappa shape index (κ1) is 15.2. The first-order valence-corrected chi connectivity index (χ1v) is 7.77. The molecule has 0 aromatic heterocycles. The van der Waals surface area contributed by atoms with E-state index in [0.29, 0.717) is 32.4 Å². The predicted octanol–water partition coefficient (Wildman–Crippen LogP) is 1.57. The minimum absolute atomic E-state index is 0.244. The van der Waals surface area contributed by atoms with Crippen molar-refractivity contribution in [1.29, 1.82) is 0 Å². The number of hydrogen-bond acceptors (Lipinski definition) is 4. The highest BCUT2D eigenvalue weighted by Gasteiger charge is 2.41. The van der Waals surface area contributed by atoms with Crippen molar-refractivity contribution in [3.8, 4) is 0 Å². The van der Waals surface area contributed by atoms with Gasteiger partial charge in [0.15, 0.2) is 0 Å². The summed E-state index contributed by atoms with van der Waals surface area (Å²) in [4.78, 5) is 0. The zero-order chi connectivity index (χ0) is 13.7. The first-order valence-electron chi connectivity index (χ1n) is 7.77. The minimum Gasteiger partial charge on any atom is -0.389 e. The molecule has 0 aliphatic heterocycles. The molecule has 0 aromatic rings. The second-order valence-corrected chi connectivity index (χ2v) is 6.26. The fourth-order valence-electron chi connectivity index (χ4n) is 2.52. The van der Waals surface area contributed by atoms with Gasteiger partial charge in [0.25, 0.3) is 0 Å². The Morgan fingerprint density at radius 3 is 2.26 bits per heavy atom. The maximum absolute atomic E-state index is 9.88. The summed E-state index contributed by atoms with van der Waals surface area (Å²) in [5.74, 6) is 1.75. The summed E-state index contributed by atoms with van der Waals surface area (Å²) >= 11 is 0. The van der Waals surface area contributed by atoms with Gasteiger partial charge in [-0.2, -0.15) is 0 Å². The Labute approximate surface area is 116 Å². The molecule has 2 N–H and O–H groups in total. The van der Waals surface area contributed by atoms with Crippen LogP contribution in [0.15, 0.2) is 0 Å². The third-order valence-corrected chi connectivity index (χ3v) is 3.84. The maximum Gasteiger partial charge on any atom is 0.0897 e. The summed E-state index contributed by atoms with van der Waals surface area (Å²) in [6, 6.07) is 0.652. The van der Waals surface area contributed by atoms with Gasteiger partial charge in [-0.3, -0.25) is 0 Å². The van der Waals surface area contributed by atoms with Crippen LogP contribution >= 0.6 is 0 Å². The van der Waals surface area contributed by atoms with Gasteiger partial charge in [0, 0.05) is 12.6 Å². The van der Waals surface area contributed by atoms with E-state index in [-0.39, 0.29) is 6.10 Å². The highest BCUT2D eigenvalue weighted by molar-refractivity contribution is 4.96. The second kappa shape index (κ2) is 7.58. The van der Waals surface area contributed by atoms with Crippen LogP contribution in [-0.4, -0.2) is 49.7 Å². The summed E-state index contributed by atoms with van der Waals surface area (Å²) in [6.07, 6.45) is 5.31. The van der Waals surface area contributed by atoms with Gasteiger partial charge < -0.3 is 19.9 Å². The zero-order valence-electron chi connectivity index (χ0n) is 12.3. The maximum atomic E-state index is 9.88. The summed E-state index contributed by atoms with van der Waals surface area (Å²) in [7, 11) is 0. The molecular weight excluding hydrogens is 242 g/mol. The van der Waals surface area contributed by atoms with E-state index in [1.165, 1.54) is 25.7 Å². The fraction of sp³-hybridized carbons (Fsp3) is 1.00. The molecule has 0 bridgehead atoms. The lowest BCUT2D eigenvalue weighted by molar-refractivity contribution is -0.0107. The van der Waals surface area contributed by atoms with Crippen LogP contribution in [0, 0.1) is 11.8 Å². The van der Waals surface area contributed by atoms with E-state index < -0.39 is 6.10 Å². The minimum atomic E-state index is -0.404. The molecule has 2 aliphatic rings. The SMILES string of the molecule is CC(C)OCCOCC(O)CNC(C1CC1)C1CC1. The van der Waals surface area contributed by atoms with Crippen LogP contribution in [0.25, 0.3) is 0 Å². The normalized spacial score (nSPS) is 21.3. The number of nitrogens with one attached hydrogen (secondary N) is 1. The van der Waals surface area contributed by atoms with Crippen molar-refractivity contribution in [1.82, 2.24) is 5.32 Å². The molecule has 2 rings (SSSR count). The molecule has 4 heteroatoms. The molecule has 0 heterocycles. The average Bonchev–Trinajstić information content (AvgIpc) is 3.22. The molecule has 0 saturated heterocycles. The third kappa shape index (κ3) is 6.21. The first-order chi connectivity index (χ1) is 9.16. The molecule has 1 unspecified atom stereocenters. The zero-order valence-corrected chi connectivity index (χ0v) is 12.3. The molecule has 0 aromatic carbocycles. The van der Waals surface area contributed by atoms with E-state index in [9.17, 15) is 5.11 Å². The van der Waals surface area contributed by atoms with Crippen LogP contribution < -0.4 is 5.32 Å². The van der Waals surface area contributed by atoms with Crippen LogP contribution in [0.4, 0.5) is 0 Å². The highest BCUT2D eigenvalue weighted by Crippen LogP contribution is 2.44. The quantitative estimate of drug-likeness (QED) is 0.560. The monoisotopic (exact) mass is 271 g/mol. The smallest absolute Gasteiger partial charge is 0.0897 e. The van der Waals surface area contributed by atoms with E-state index >= 15 is 0 Å². The van der Waals surface area contributed by atoms with Crippen molar-refractivity contribution >= 4 is 0 Å². The van der Waals surface area contributed by atoms with E-state index in [4.69, 9.17) is 9.47 Å². The number of aliphatic hydroxyl groups excluding tert-OH is 1. The van der Waals surface area contributed by atoms with Crippen molar-refractivity contribution in [2.45, 2.75) is 57.8 Å². The number of hydrogen-bond donors (Lipinski definition) is 2. The van der Waals surface area contributed by atoms with Gasteiger partial charge in [-0.25, -0.2) is 0 Å². The number of rotatable bonds is 11. The Morgan fingerprint density at radius 1 is 1.11 bits per heavy atom. The van der Waals surface area contributed by atoms with Crippen molar-refractivity contribution in [2.24, 2.45) is 11.8 Å². The topological polar surface area (TPSA) is 50.7 Å². The van der Waals surface area contributed by atoms with Crippen LogP contribution in [-0.2, 0) is 9.47 Å². The van der Waals surface area contributed by atoms with Gasteiger partial charge >= 0.3 is 0 Å². The Balaban J connectivity index is 1.48. The van der Waals surface area contributed by atoms with Crippen molar-refractivity contribution in [2.75, 3.05) is 26.4 Å². The molecular formula is C15H29NO3. The second-order valence-electron chi connectivity index (χ2n) is 6.26. The molecule has 2 aliphatic carbocycles. The van der Waals surface area contributed by atoms with E-state index in [2.05, 4.69) is 5.32 Å². The van der Waals surface area contributed by atoms with Gasteiger partial charge in [0.2, 0.25) is 0 Å². The van der Waals surface area contributed by atoms with Crippen LogP contribution in [0.1, 0.15) is 39.5 Å². The summed E-state index contributed by atoms with van der Waals surface area (Å²) in [6.45, 7) is 6.23. The molecule has 0 amide bonds. The summed E-state index contributed by atoms with van der Waals surface area (Å²) in [5.41, 5.74) is 0. The third-order valence-electron chi connectivity index (χ3n) is 3.84. The molecule has 1 atom stereocenters. The molecule has 0 spiro atoms. The standard InChI is InChI=1S/C15H29NO3/c1-11(2)19-8-7-18-10-14(17)9-16-15(12-3-4-12)13-5-6-13/h11-17H,3-10H2,1-2H3. The number of ether oxygens (including phenoxy) is 2. The molecule has 2 fully saturated rings. The van der Waals surface area contributed by atoms with Crippen molar-refractivity contribution in [3.63, 3.8) is 0 Å². The molecule has 4 nitrogen and oxygen atoms in total. The molecule has 112 valence electrons. The number of aliphatic hydroxyl groups is 1. The van der Waals surface area contributed by atoms with E-state index in [0.717, 1.165) is 11.8 Å². The van der Waals surface area contributed by atoms with Crippen molar-refractivity contribution < 1.29 is 14.6 Å². The summed E-state index contributed by atoms with van der Waals surface area (Å²) < 4.78 is 10.8. The highest BCUT2D eigenvalue weighted by atomic mass is 16.5. The van der Waals surface area contributed by atoms with Crippen LogP contribution in [0.3, 0.4) is 0 Å². The lowest BCUT2D eigenvalue weighted by Gasteiger charge is -2.20. The fourth-order valence-corrected chi connectivity index (χ4v) is 2.52.